The molecular weight excluding hydrogens is 270 g/mol. The van der Waals surface area contributed by atoms with E-state index in [9.17, 15) is 0 Å². The van der Waals surface area contributed by atoms with E-state index in [2.05, 4.69) is 28.5 Å². The normalized spacial score (nSPS) is 11.2. The third-order valence-corrected chi connectivity index (χ3v) is 4.14. The predicted octanol–water partition coefficient (Wildman–Crippen LogP) is 3.49. The van der Waals surface area contributed by atoms with Crippen LogP contribution in [0.25, 0.3) is 21.5 Å². The van der Waals surface area contributed by atoms with Crippen LogP contribution in [0.15, 0.2) is 34.9 Å². The van der Waals surface area contributed by atoms with Gasteiger partial charge in [0.1, 0.15) is 16.9 Å². The van der Waals surface area contributed by atoms with Gasteiger partial charge in [-0.2, -0.15) is 0 Å². The van der Waals surface area contributed by atoms with Gasteiger partial charge in [-0.1, -0.05) is 36.5 Å². The summed E-state index contributed by atoms with van der Waals surface area (Å²) < 4.78 is 5.55. The van der Waals surface area contributed by atoms with Crippen LogP contribution in [0.1, 0.15) is 18.4 Å². The average Bonchev–Trinajstić information content (AvgIpc) is 3.10. The van der Waals surface area contributed by atoms with Gasteiger partial charge >= 0.3 is 0 Å². The van der Waals surface area contributed by atoms with E-state index in [0.29, 0.717) is 0 Å². The van der Waals surface area contributed by atoms with E-state index in [4.69, 9.17) is 4.42 Å². The van der Waals surface area contributed by atoms with Crippen molar-refractivity contribution in [3.8, 4) is 10.6 Å². The molecule has 0 saturated carbocycles. The van der Waals surface area contributed by atoms with E-state index in [1.807, 2.05) is 18.2 Å². The van der Waals surface area contributed by atoms with Crippen LogP contribution >= 0.6 is 11.3 Å². The first-order valence-electron chi connectivity index (χ1n) is 6.88. The molecule has 0 aliphatic heterocycles. The largest absolute Gasteiger partial charge is 0.464 e. The second kappa shape index (κ2) is 6.15. The number of benzene rings is 1. The fourth-order valence-corrected chi connectivity index (χ4v) is 2.96. The number of para-hydroxylation sites is 1. The van der Waals surface area contributed by atoms with Gasteiger partial charge < -0.3 is 9.73 Å². The van der Waals surface area contributed by atoms with E-state index in [-0.39, 0.29) is 0 Å². The Morgan fingerprint density at radius 3 is 3.00 bits per heavy atom. The summed E-state index contributed by atoms with van der Waals surface area (Å²) in [6.45, 7) is 4.17. The summed E-state index contributed by atoms with van der Waals surface area (Å²) in [4.78, 5) is 0. The highest BCUT2D eigenvalue weighted by Gasteiger charge is 2.12. The molecule has 0 bridgehead atoms. The second-order valence-corrected chi connectivity index (χ2v) is 5.71. The average molecular weight is 287 g/mol. The minimum Gasteiger partial charge on any atom is -0.464 e. The summed E-state index contributed by atoms with van der Waals surface area (Å²) in [6.07, 6.45) is 3.85. The van der Waals surface area contributed by atoms with Crippen LogP contribution in [-0.4, -0.2) is 23.3 Å². The lowest BCUT2D eigenvalue weighted by Gasteiger charge is -1.98. The van der Waals surface area contributed by atoms with Crippen molar-refractivity contribution < 1.29 is 4.42 Å². The molecule has 20 heavy (non-hydrogen) atoms. The first-order chi connectivity index (χ1) is 9.88. The number of furan rings is 1. The molecule has 4 nitrogen and oxygen atoms in total. The molecule has 1 aromatic carbocycles. The highest BCUT2D eigenvalue weighted by molar-refractivity contribution is 7.14. The molecule has 2 aromatic heterocycles. The monoisotopic (exact) mass is 287 g/mol. The van der Waals surface area contributed by atoms with Gasteiger partial charge in [0.25, 0.3) is 0 Å². The van der Waals surface area contributed by atoms with Crippen molar-refractivity contribution in [3.63, 3.8) is 0 Å². The Morgan fingerprint density at radius 2 is 2.10 bits per heavy atom. The Hall–Kier alpha value is -1.72. The second-order valence-electron chi connectivity index (χ2n) is 4.65. The van der Waals surface area contributed by atoms with E-state index in [0.717, 1.165) is 52.5 Å². The molecule has 0 aliphatic rings. The Labute approximate surface area is 121 Å². The number of aromatic nitrogens is 2. The van der Waals surface area contributed by atoms with Crippen LogP contribution in [0, 0.1) is 0 Å². The summed E-state index contributed by atoms with van der Waals surface area (Å²) in [7, 11) is 0. The lowest BCUT2D eigenvalue weighted by molar-refractivity contribution is 0.617. The van der Waals surface area contributed by atoms with Crippen LogP contribution in [-0.2, 0) is 6.42 Å². The van der Waals surface area contributed by atoms with Gasteiger partial charge in [0, 0.05) is 18.4 Å². The van der Waals surface area contributed by atoms with Crippen LogP contribution < -0.4 is 5.32 Å². The summed E-state index contributed by atoms with van der Waals surface area (Å²) in [6, 6.07) is 8.01. The molecule has 0 radical (unpaired) electrons. The lowest BCUT2D eigenvalue weighted by atomic mass is 10.2. The molecule has 0 unspecified atom stereocenters. The fourth-order valence-electron chi connectivity index (χ4n) is 2.10. The Morgan fingerprint density at radius 1 is 1.20 bits per heavy atom. The maximum atomic E-state index is 5.55. The van der Waals surface area contributed by atoms with Gasteiger partial charge in [0.15, 0.2) is 5.01 Å². The van der Waals surface area contributed by atoms with Crippen LogP contribution in [0.2, 0.25) is 0 Å². The molecule has 0 aliphatic carbocycles. The number of fused-ring (bicyclic) bond motifs is 1. The first-order valence-corrected chi connectivity index (χ1v) is 7.70. The maximum absolute atomic E-state index is 5.55. The molecular formula is C15H17N3OS. The molecule has 2 heterocycles. The molecule has 104 valence electrons. The predicted molar refractivity (Wildman–Crippen MR) is 82.0 cm³/mol. The lowest BCUT2D eigenvalue weighted by Crippen LogP contribution is -2.17. The highest BCUT2D eigenvalue weighted by atomic mass is 32.1. The molecule has 0 atom stereocenters. The SMILES string of the molecule is CCCNCCc1nnc(-c2coc3ccccc23)s1. The topological polar surface area (TPSA) is 51.0 Å². The molecule has 3 rings (SSSR count). The van der Waals surface area contributed by atoms with Gasteiger partial charge in [0.05, 0.1) is 5.56 Å². The third-order valence-electron chi connectivity index (χ3n) is 3.12. The molecule has 0 saturated heterocycles. The van der Waals surface area contributed by atoms with Crippen LogP contribution in [0.5, 0.6) is 0 Å². The van der Waals surface area contributed by atoms with E-state index >= 15 is 0 Å². The van der Waals surface area contributed by atoms with Crippen molar-refractivity contribution in [3.05, 3.63) is 35.5 Å². The van der Waals surface area contributed by atoms with Crippen molar-refractivity contribution in [1.29, 1.82) is 0 Å². The highest BCUT2D eigenvalue weighted by Crippen LogP contribution is 2.32. The van der Waals surface area contributed by atoms with E-state index < -0.39 is 0 Å². The van der Waals surface area contributed by atoms with Gasteiger partial charge in [-0.3, -0.25) is 0 Å². The van der Waals surface area contributed by atoms with Gasteiger partial charge in [-0.15, -0.1) is 10.2 Å². The van der Waals surface area contributed by atoms with E-state index in [1.54, 1.807) is 17.6 Å². The Bertz CT molecular complexity index is 689. The molecule has 0 fully saturated rings. The van der Waals surface area contributed by atoms with Crippen molar-refractivity contribution in [1.82, 2.24) is 15.5 Å². The number of hydrogen-bond donors (Lipinski definition) is 1. The van der Waals surface area contributed by atoms with Crippen LogP contribution in [0.4, 0.5) is 0 Å². The van der Waals surface area contributed by atoms with Gasteiger partial charge in [-0.25, -0.2) is 0 Å². The fraction of sp³-hybridized carbons (Fsp3) is 0.333. The number of rotatable bonds is 6. The van der Waals surface area contributed by atoms with Gasteiger partial charge in [0.2, 0.25) is 0 Å². The minimum absolute atomic E-state index is 0.892. The smallest absolute Gasteiger partial charge is 0.151 e. The zero-order chi connectivity index (χ0) is 13.8. The Kier molecular flexibility index (Phi) is 4.08. The zero-order valence-electron chi connectivity index (χ0n) is 11.4. The maximum Gasteiger partial charge on any atom is 0.151 e. The third kappa shape index (κ3) is 2.73. The molecule has 1 N–H and O–H groups in total. The summed E-state index contributed by atoms with van der Waals surface area (Å²) in [5, 5.41) is 15.0. The number of nitrogens with zero attached hydrogens (tertiary/aromatic N) is 2. The zero-order valence-corrected chi connectivity index (χ0v) is 12.2. The number of hydrogen-bond acceptors (Lipinski definition) is 5. The van der Waals surface area contributed by atoms with Gasteiger partial charge in [-0.05, 0) is 19.0 Å². The van der Waals surface area contributed by atoms with Crippen molar-refractivity contribution in [2.45, 2.75) is 19.8 Å². The molecule has 3 aromatic rings. The van der Waals surface area contributed by atoms with Crippen molar-refractivity contribution in [2.75, 3.05) is 13.1 Å². The molecule has 0 spiro atoms. The minimum atomic E-state index is 0.892. The quantitative estimate of drug-likeness (QED) is 0.705. The van der Waals surface area contributed by atoms with Crippen LogP contribution in [0.3, 0.4) is 0 Å². The molecule has 0 amide bonds. The Balaban J connectivity index is 1.76. The first kappa shape index (κ1) is 13.3. The van der Waals surface area contributed by atoms with Crippen molar-refractivity contribution >= 4 is 22.3 Å². The van der Waals surface area contributed by atoms with Crippen molar-refractivity contribution in [2.24, 2.45) is 0 Å². The summed E-state index contributed by atoms with van der Waals surface area (Å²) in [5.74, 6) is 0. The summed E-state index contributed by atoms with van der Waals surface area (Å²) >= 11 is 1.64. The standard InChI is InChI=1S/C15H17N3OS/c1-2-8-16-9-7-14-17-18-15(20-14)12-10-19-13-6-4-3-5-11(12)13/h3-6,10,16H,2,7-9H2,1H3. The van der Waals surface area contributed by atoms with E-state index in [1.165, 1.54) is 0 Å². The molecule has 5 heteroatoms. The number of nitrogens with one attached hydrogen (secondary N) is 1. The summed E-state index contributed by atoms with van der Waals surface area (Å²) in [5.41, 5.74) is 1.93.